The van der Waals surface area contributed by atoms with Gasteiger partial charge in [-0.15, -0.1) is 0 Å². The van der Waals surface area contributed by atoms with Crippen LogP contribution in [0.1, 0.15) is 13.8 Å². The molecule has 0 aromatic rings. The minimum Gasteiger partial charge on any atom is -0.481 e. The summed E-state index contributed by atoms with van der Waals surface area (Å²) in [6.45, 7) is 3.00. The molecule has 10 heavy (non-hydrogen) atoms. The topological polar surface area (TPSA) is 83.5 Å². The lowest BCUT2D eigenvalue weighted by atomic mass is 10.0. The second kappa shape index (κ2) is 3.53. The van der Waals surface area contributed by atoms with E-state index in [1.807, 2.05) is 0 Å². The minimum atomic E-state index is -1.02. The van der Waals surface area contributed by atoms with Gasteiger partial charge in [-0.2, -0.15) is 0 Å². The summed E-state index contributed by atoms with van der Waals surface area (Å²) in [4.78, 5) is 10.2. The van der Waals surface area contributed by atoms with Gasteiger partial charge in [-0.1, -0.05) is 0 Å². The number of carboxylic acids is 1. The molecule has 0 saturated heterocycles. The van der Waals surface area contributed by atoms with E-state index in [0.29, 0.717) is 0 Å². The number of carboxylic acid groups (broad SMARTS) is 1. The van der Waals surface area contributed by atoms with Gasteiger partial charge in [0.25, 0.3) is 0 Å². The molecule has 0 spiro atoms. The summed E-state index contributed by atoms with van der Waals surface area (Å²) in [6, 6.07) is -0.494. The molecule has 60 valence electrons. The van der Waals surface area contributed by atoms with Crippen molar-refractivity contribution in [3.05, 3.63) is 0 Å². The van der Waals surface area contributed by atoms with Gasteiger partial charge in [0, 0.05) is 6.04 Å². The van der Waals surface area contributed by atoms with Gasteiger partial charge in [-0.25, -0.2) is 0 Å². The van der Waals surface area contributed by atoms with Crippen LogP contribution in [0.3, 0.4) is 0 Å². The van der Waals surface area contributed by atoms with Crippen molar-refractivity contribution < 1.29 is 15.0 Å². The lowest BCUT2D eigenvalue weighted by Gasteiger charge is -2.17. The van der Waals surface area contributed by atoms with Crippen molar-refractivity contribution in [3.8, 4) is 0 Å². The van der Waals surface area contributed by atoms with Crippen molar-refractivity contribution in [1.82, 2.24) is 0 Å². The molecule has 0 aromatic carbocycles. The van der Waals surface area contributed by atoms with E-state index in [4.69, 9.17) is 15.9 Å². The first-order valence-electron chi connectivity index (χ1n) is 3.13. The molecule has 0 aliphatic carbocycles. The third kappa shape index (κ3) is 2.33. The molecule has 0 aliphatic rings. The van der Waals surface area contributed by atoms with E-state index in [1.165, 1.54) is 6.92 Å². The first kappa shape index (κ1) is 9.39. The van der Waals surface area contributed by atoms with Gasteiger partial charge in [0.15, 0.2) is 0 Å². The standard InChI is InChI=1S/C6H13NO3/c1-3(6(9)10)5(8)4(2)7/h3-5,8H,7H2,1-2H3,(H,9,10)/t3-,4-,5-/m0/s1. The quantitative estimate of drug-likeness (QED) is 0.498. The average Bonchev–Trinajstić information content (AvgIpc) is 1.84. The van der Waals surface area contributed by atoms with Crippen molar-refractivity contribution in [2.45, 2.75) is 26.0 Å². The van der Waals surface area contributed by atoms with E-state index in [1.54, 1.807) is 6.92 Å². The second-order valence-corrected chi connectivity index (χ2v) is 2.48. The Bertz CT molecular complexity index is 124. The number of hydrogen-bond donors (Lipinski definition) is 3. The molecule has 4 heteroatoms. The van der Waals surface area contributed by atoms with Gasteiger partial charge >= 0.3 is 5.97 Å². The monoisotopic (exact) mass is 147 g/mol. The smallest absolute Gasteiger partial charge is 0.308 e. The van der Waals surface area contributed by atoms with Crippen molar-refractivity contribution in [2.75, 3.05) is 0 Å². The molecule has 0 aliphatic heterocycles. The summed E-state index contributed by atoms with van der Waals surface area (Å²) in [6.07, 6.45) is -0.961. The van der Waals surface area contributed by atoms with Crippen LogP contribution < -0.4 is 5.73 Å². The van der Waals surface area contributed by atoms with Crippen LogP contribution >= 0.6 is 0 Å². The molecule has 0 amide bonds. The van der Waals surface area contributed by atoms with E-state index in [0.717, 1.165) is 0 Å². The number of hydrogen-bond acceptors (Lipinski definition) is 3. The maximum atomic E-state index is 10.2. The zero-order valence-electron chi connectivity index (χ0n) is 6.11. The van der Waals surface area contributed by atoms with Crippen LogP contribution in [0.25, 0.3) is 0 Å². The van der Waals surface area contributed by atoms with Crippen LogP contribution in [0.15, 0.2) is 0 Å². The lowest BCUT2D eigenvalue weighted by molar-refractivity contribution is -0.145. The number of aliphatic hydroxyl groups excluding tert-OH is 1. The summed E-state index contributed by atoms with van der Waals surface area (Å²) in [7, 11) is 0. The molecule has 0 aromatic heterocycles. The van der Waals surface area contributed by atoms with Gasteiger partial charge in [-0.3, -0.25) is 4.79 Å². The highest BCUT2D eigenvalue weighted by Crippen LogP contribution is 2.05. The molecule has 0 unspecified atom stereocenters. The van der Waals surface area contributed by atoms with Crippen LogP contribution in [0.2, 0.25) is 0 Å². The third-order valence-electron chi connectivity index (χ3n) is 1.44. The predicted molar refractivity (Wildman–Crippen MR) is 36.5 cm³/mol. The Morgan fingerprint density at radius 2 is 1.90 bits per heavy atom. The van der Waals surface area contributed by atoms with Gasteiger partial charge in [0.2, 0.25) is 0 Å². The van der Waals surface area contributed by atoms with Crippen LogP contribution in [-0.4, -0.2) is 28.3 Å². The van der Waals surface area contributed by atoms with Crippen LogP contribution in [0.4, 0.5) is 0 Å². The van der Waals surface area contributed by atoms with Crippen molar-refractivity contribution >= 4 is 5.97 Å². The van der Waals surface area contributed by atoms with Crippen LogP contribution in [0.5, 0.6) is 0 Å². The number of rotatable bonds is 3. The van der Waals surface area contributed by atoms with E-state index in [2.05, 4.69) is 0 Å². The molecule has 0 fully saturated rings. The van der Waals surface area contributed by atoms with E-state index in [9.17, 15) is 4.79 Å². The number of aliphatic hydroxyl groups is 1. The van der Waals surface area contributed by atoms with Gasteiger partial charge < -0.3 is 15.9 Å². The first-order chi connectivity index (χ1) is 4.46. The maximum absolute atomic E-state index is 10.2. The predicted octanol–water partition coefficient (Wildman–Crippen LogP) is -0.585. The molecule has 0 saturated carbocycles. The summed E-state index contributed by atoms with van der Waals surface area (Å²) >= 11 is 0. The largest absolute Gasteiger partial charge is 0.481 e. The lowest BCUT2D eigenvalue weighted by Crippen LogP contribution is -2.39. The summed E-state index contributed by atoms with van der Waals surface area (Å²) < 4.78 is 0. The number of nitrogens with two attached hydrogens (primary N) is 1. The first-order valence-corrected chi connectivity index (χ1v) is 3.13. The maximum Gasteiger partial charge on any atom is 0.308 e. The Morgan fingerprint density at radius 1 is 1.50 bits per heavy atom. The van der Waals surface area contributed by atoms with Gasteiger partial charge in [0.1, 0.15) is 0 Å². The Balaban J connectivity index is 3.94. The normalized spacial score (nSPS) is 19.6. The average molecular weight is 147 g/mol. The second-order valence-electron chi connectivity index (χ2n) is 2.48. The SMILES string of the molecule is C[C@H](N)[C@@H](O)[C@H](C)C(=O)O. The highest BCUT2D eigenvalue weighted by molar-refractivity contribution is 5.70. The Labute approximate surface area is 59.7 Å². The molecule has 0 rings (SSSR count). The molecule has 0 radical (unpaired) electrons. The molecule has 4 nitrogen and oxygen atoms in total. The number of aliphatic carboxylic acids is 1. The van der Waals surface area contributed by atoms with Gasteiger partial charge in [0.05, 0.1) is 12.0 Å². The molecular formula is C6H13NO3. The van der Waals surface area contributed by atoms with Crippen LogP contribution in [0, 0.1) is 5.92 Å². The Hall–Kier alpha value is -0.610. The fourth-order valence-corrected chi connectivity index (χ4v) is 0.601. The van der Waals surface area contributed by atoms with E-state index < -0.39 is 24.0 Å². The van der Waals surface area contributed by atoms with Crippen LogP contribution in [-0.2, 0) is 4.79 Å². The number of carbonyl (C=O) groups is 1. The van der Waals surface area contributed by atoms with Crippen molar-refractivity contribution in [1.29, 1.82) is 0 Å². The molecule has 4 N–H and O–H groups in total. The van der Waals surface area contributed by atoms with Gasteiger partial charge in [-0.05, 0) is 13.8 Å². The molecule has 0 heterocycles. The Kier molecular flexibility index (Phi) is 3.32. The summed E-state index contributed by atoms with van der Waals surface area (Å²) in [5.41, 5.74) is 5.26. The zero-order chi connectivity index (χ0) is 8.31. The fourth-order valence-electron chi connectivity index (χ4n) is 0.601. The molecular weight excluding hydrogens is 134 g/mol. The summed E-state index contributed by atoms with van der Waals surface area (Å²) in [5, 5.41) is 17.4. The van der Waals surface area contributed by atoms with Crippen molar-refractivity contribution in [3.63, 3.8) is 0 Å². The third-order valence-corrected chi connectivity index (χ3v) is 1.44. The van der Waals surface area contributed by atoms with E-state index in [-0.39, 0.29) is 0 Å². The van der Waals surface area contributed by atoms with Crippen molar-refractivity contribution in [2.24, 2.45) is 11.7 Å². The fraction of sp³-hybridized carbons (Fsp3) is 0.833. The minimum absolute atomic E-state index is 0.494. The van der Waals surface area contributed by atoms with E-state index >= 15 is 0 Å². The zero-order valence-corrected chi connectivity index (χ0v) is 6.11. The summed E-state index contributed by atoms with van der Waals surface area (Å²) in [5.74, 6) is -1.81. The Morgan fingerprint density at radius 3 is 2.00 bits per heavy atom. The molecule has 3 atom stereocenters. The highest BCUT2D eigenvalue weighted by Gasteiger charge is 2.23. The molecule has 0 bridgehead atoms. The highest BCUT2D eigenvalue weighted by atomic mass is 16.4.